The first-order valence-corrected chi connectivity index (χ1v) is 5.98. The van der Waals surface area contributed by atoms with Gasteiger partial charge in [-0.2, -0.15) is 0 Å². The van der Waals surface area contributed by atoms with Crippen LogP contribution in [-0.2, 0) is 0 Å². The predicted octanol–water partition coefficient (Wildman–Crippen LogP) is 3.67. The summed E-state index contributed by atoms with van der Waals surface area (Å²) in [6.07, 6.45) is 0. The molecule has 3 nitrogen and oxygen atoms in total. The second kappa shape index (κ2) is 4.03. The highest BCUT2D eigenvalue weighted by molar-refractivity contribution is 6.31. The van der Waals surface area contributed by atoms with Crippen LogP contribution in [0, 0.1) is 0 Å². The summed E-state index contributed by atoms with van der Waals surface area (Å²) in [5.74, 6) is -0.0649. The van der Waals surface area contributed by atoms with Gasteiger partial charge in [0.05, 0.1) is 22.6 Å². The molecule has 0 saturated heterocycles. The molecule has 1 amide bonds. The lowest BCUT2D eigenvalue weighted by Gasteiger charge is -2.16. The highest BCUT2D eigenvalue weighted by Crippen LogP contribution is 2.35. The van der Waals surface area contributed by atoms with Crippen molar-refractivity contribution in [3.8, 4) is 0 Å². The Kier molecular flexibility index (Phi) is 2.49. The maximum atomic E-state index is 12.4. The van der Waals surface area contributed by atoms with Crippen molar-refractivity contribution < 1.29 is 4.79 Å². The second-order valence-corrected chi connectivity index (χ2v) is 4.63. The topological polar surface area (TPSA) is 32.3 Å². The lowest BCUT2D eigenvalue weighted by molar-refractivity contribution is 0.0994. The zero-order chi connectivity index (χ0) is 12.7. The molecular weight excluding hydrogens is 248 g/mol. The molecule has 0 atom stereocenters. The van der Waals surface area contributed by atoms with E-state index in [0.717, 1.165) is 17.1 Å². The molecule has 0 aliphatic carbocycles. The first-order chi connectivity index (χ1) is 8.66. The fourth-order valence-corrected chi connectivity index (χ4v) is 2.28. The van der Waals surface area contributed by atoms with Gasteiger partial charge in [0.1, 0.15) is 0 Å². The minimum Gasteiger partial charge on any atom is -0.353 e. The maximum absolute atomic E-state index is 12.4. The molecule has 0 fully saturated rings. The molecule has 0 saturated carbocycles. The molecule has 3 rings (SSSR count). The van der Waals surface area contributed by atoms with Gasteiger partial charge in [-0.25, -0.2) is 0 Å². The SMILES string of the molecule is CN1C(=O)c2cc(Cl)ccc2Nc2ccccc21. The monoisotopic (exact) mass is 258 g/mol. The molecule has 90 valence electrons. The van der Waals surface area contributed by atoms with E-state index in [1.807, 2.05) is 30.3 Å². The summed E-state index contributed by atoms with van der Waals surface area (Å²) in [6, 6.07) is 13.0. The third-order valence-electron chi connectivity index (χ3n) is 3.05. The van der Waals surface area contributed by atoms with E-state index < -0.39 is 0 Å². The van der Waals surface area contributed by atoms with E-state index in [1.54, 1.807) is 24.1 Å². The number of fused-ring (bicyclic) bond motifs is 2. The van der Waals surface area contributed by atoms with Gasteiger partial charge in [0.25, 0.3) is 5.91 Å². The van der Waals surface area contributed by atoms with Crippen LogP contribution in [0.1, 0.15) is 10.4 Å². The summed E-state index contributed by atoms with van der Waals surface area (Å²) >= 11 is 5.96. The van der Waals surface area contributed by atoms with Gasteiger partial charge in [-0.15, -0.1) is 0 Å². The summed E-state index contributed by atoms with van der Waals surface area (Å²) < 4.78 is 0. The van der Waals surface area contributed by atoms with Gasteiger partial charge in [0, 0.05) is 12.1 Å². The lowest BCUT2D eigenvalue weighted by Crippen LogP contribution is -2.25. The van der Waals surface area contributed by atoms with Crippen molar-refractivity contribution in [2.75, 3.05) is 17.3 Å². The number of amides is 1. The number of rotatable bonds is 0. The van der Waals surface area contributed by atoms with E-state index in [9.17, 15) is 4.79 Å². The van der Waals surface area contributed by atoms with E-state index in [-0.39, 0.29) is 5.91 Å². The van der Waals surface area contributed by atoms with Crippen LogP contribution >= 0.6 is 11.6 Å². The Hall–Kier alpha value is -2.00. The van der Waals surface area contributed by atoms with Crippen molar-refractivity contribution in [2.45, 2.75) is 0 Å². The summed E-state index contributed by atoms with van der Waals surface area (Å²) in [4.78, 5) is 14.0. The van der Waals surface area contributed by atoms with Gasteiger partial charge < -0.3 is 10.2 Å². The van der Waals surface area contributed by atoms with Crippen LogP contribution in [0.4, 0.5) is 17.1 Å². The number of halogens is 1. The van der Waals surface area contributed by atoms with Crippen LogP contribution in [0.15, 0.2) is 42.5 Å². The molecule has 0 unspecified atom stereocenters. The Morgan fingerprint density at radius 1 is 1.11 bits per heavy atom. The van der Waals surface area contributed by atoms with Crippen LogP contribution < -0.4 is 10.2 Å². The molecule has 2 aromatic carbocycles. The lowest BCUT2D eigenvalue weighted by atomic mass is 10.1. The standard InChI is InChI=1S/C14H11ClN2O/c1-17-13-5-3-2-4-12(13)16-11-7-6-9(15)8-10(11)14(17)18/h2-8,16H,1H3. The molecule has 1 heterocycles. The summed E-state index contributed by atoms with van der Waals surface area (Å²) in [7, 11) is 1.76. The number of nitrogens with zero attached hydrogens (tertiary/aromatic N) is 1. The number of carbonyl (C=O) groups is 1. The van der Waals surface area contributed by atoms with Gasteiger partial charge in [-0.05, 0) is 30.3 Å². The number of nitrogens with one attached hydrogen (secondary N) is 1. The number of hydrogen-bond donors (Lipinski definition) is 1. The van der Waals surface area contributed by atoms with E-state index in [1.165, 1.54) is 0 Å². The van der Waals surface area contributed by atoms with Crippen molar-refractivity contribution in [3.63, 3.8) is 0 Å². The van der Waals surface area contributed by atoms with Crippen molar-refractivity contribution in [3.05, 3.63) is 53.1 Å². The number of anilines is 3. The Bertz CT molecular complexity index is 639. The molecule has 0 spiro atoms. The Balaban J connectivity index is 2.23. The normalized spacial score (nSPS) is 13.4. The molecule has 1 aliphatic rings. The molecule has 0 radical (unpaired) electrons. The fraction of sp³-hybridized carbons (Fsp3) is 0.0714. The van der Waals surface area contributed by atoms with Crippen molar-refractivity contribution in [1.82, 2.24) is 0 Å². The molecule has 2 aromatic rings. The predicted molar refractivity (Wildman–Crippen MR) is 73.9 cm³/mol. The highest BCUT2D eigenvalue weighted by Gasteiger charge is 2.23. The maximum Gasteiger partial charge on any atom is 0.260 e. The van der Waals surface area contributed by atoms with Crippen LogP contribution in [0.3, 0.4) is 0 Å². The van der Waals surface area contributed by atoms with Crippen molar-refractivity contribution >= 4 is 34.6 Å². The second-order valence-electron chi connectivity index (χ2n) is 4.20. The quantitative estimate of drug-likeness (QED) is 0.782. The Labute approximate surface area is 110 Å². The highest BCUT2D eigenvalue weighted by atomic mass is 35.5. The molecule has 4 heteroatoms. The average Bonchev–Trinajstić information content (AvgIpc) is 2.48. The average molecular weight is 259 g/mol. The van der Waals surface area contributed by atoms with Crippen molar-refractivity contribution in [1.29, 1.82) is 0 Å². The molecule has 18 heavy (non-hydrogen) atoms. The van der Waals surface area contributed by atoms with Crippen molar-refractivity contribution in [2.24, 2.45) is 0 Å². The number of hydrogen-bond acceptors (Lipinski definition) is 2. The Morgan fingerprint density at radius 2 is 1.89 bits per heavy atom. The van der Waals surface area contributed by atoms with Gasteiger partial charge in [0.2, 0.25) is 0 Å². The minimum atomic E-state index is -0.0649. The molecule has 1 N–H and O–H groups in total. The molecule has 0 aromatic heterocycles. The minimum absolute atomic E-state index is 0.0649. The number of carbonyl (C=O) groups excluding carboxylic acids is 1. The molecule has 1 aliphatic heterocycles. The largest absolute Gasteiger partial charge is 0.353 e. The molecular formula is C14H11ClN2O. The van der Waals surface area contributed by atoms with Crippen LogP contribution in [0.25, 0.3) is 0 Å². The summed E-state index contributed by atoms with van der Waals surface area (Å²) in [6.45, 7) is 0. The number of benzene rings is 2. The first-order valence-electron chi connectivity index (χ1n) is 5.60. The van der Waals surface area contributed by atoms with Crippen LogP contribution in [-0.4, -0.2) is 13.0 Å². The van der Waals surface area contributed by atoms with E-state index in [4.69, 9.17) is 11.6 Å². The third-order valence-corrected chi connectivity index (χ3v) is 3.29. The summed E-state index contributed by atoms with van der Waals surface area (Å²) in [5, 5.41) is 3.83. The van der Waals surface area contributed by atoms with Gasteiger partial charge in [0.15, 0.2) is 0 Å². The van der Waals surface area contributed by atoms with Gasteiger partial charge in [-0.3, -0.25) is 4.79 Å². The van der Waals surface area contributed by atoms with Gasteiger partial charge >= 0.3 is 0 Å². The van der Waals surface area contributed by atoms with Gasteiger partial charge in [-0.1, -0.05) is 23.7 Å². The zero-order valence-electron chi connectivity index (χ0n) is 9.77. The smallest absolute Gasteiger partial charge is 0.260 e. The first kappa shape index (κ1) is 11.1. The van der Waals surface area contributed by atoms with E-state index >= 15 is 0 Å². The molecule has 0 bridgehead atoms. The van der Waals surface area contributed by atoms with Crippen LogP contribution in [0.5, 0.6) is 0 Å². The number of para-hydroxylation sites is 2. The Morgan fingerprint density at radius 3 is 2.72 bits per heavy atom. The van der Waals surface area contributed by atoms with Crippen LogP contribution in [0.2, 0.25) is 5.02 Å². The zero-order valence-corrected chi connectivity index (χ0v) is 10.5. The fourth-order valence-electron chi connectivity index (χ4n) is 2.11. The van der Waals surface area contributed by atoms with E-state index in [0.29, 0.717) is 10.6 Å². The third kappa shape index (κ3) is 1.64. The summed E-state index contributed by atoms with van der Waals surface area (Å²) in [5.41, 5.74) is 3.13. The van der Waals surface area contributed by atoms with E-state index in [2.05, 4.69) is 5.32 Å².